The molecule has 2 aromatic heterocycles. The Bertz CT molecular complexity index is 1130. The Labute approximate surface area is 170 Å². The maximum Gasteiger partial charge on any atom is 0.254 e. The molecular weight excluding hydrogens is 360 g/mol. The van der Waals surface area contributed by atoms with Crippen LogP contribution in [0, 0.1) is 0 Å². The van der Waals surface area contributed by atoms with Crippen molar-refractivity contribution >= 4 is 16.9 Å². The van der Waals surface area contributed by atoms with Gasteiger partial charge in [0.15, 0.2) is 5.65 Å². The third kappa shape index (κ3) is 3.76. The van der Waals surface area contributed by atoms with Gasteiger partial charge in [-0.05, 0) is 25.5 Å². The number of carbonyl (C=O) groups is 1. The minimum absolute atomic E-state index is 0.0401. The summed E-state index contributed by atoms with van der Waals surface area (Å²) in [5.74, 6) is -0.0401. The maximum atomic E-state index is 13.4. The highest BCUT2D eigenvalue weighted by Gasteiger charge is 2.21. The van der Waals surface area contributed by atoms with Gasteiger partial charge in [0.2, 0.25) is 0 Å². The second-order valence-corrected chi connectivity index (χ2v) is 7.49. The fraction of sp³-hybridized carbons (Fsp3) is 0.208. The first-order valence-electron chi connectivity index (χ1n) is 9.77. The van der Waals surface area contributed by atoms with Gasteiger partial charge in [0.05, 0.1) is 22.8 Å². The molecule has 2 heterocycles. The molecule has 1 amide bonds. The summed E-state index contributed by atoms with van der Waals surface area (Å²) in [5.41, 5.74) is 4.20. The summed E-state index contributed by atoms with van der Waals surface area (Å²) in [6.45, 7) is 4.67. The molecule has 4 rings (SSSR count). The molecule has 0 saturated heterocycles. The molecule has 0 radical (unpaired) electrons. The molecule has 0 bridgehead atoms. The van der Waals surface area contributed by atoms with E-state index in [1.807, 2.05) is 78.5 Å². The lowest BCUT2D eigenvalue weighted by Crippen LogP contribution is -2.26. The summed E-state index contributed by atoms with van der Waals surface area (Å²) in [6, 6.07) is 22.0. The number of rotatable bonds is 5. The highest BCUT2D eigenvalue weighted by atomic mass is 16.2. The Kier molecular flexibility index (Phi) is 5.12. The average Bonchev–Trinajstić information content (AvgIpc) is 3.18. The Morgan fingerprint density at radius 3 is 2.34 bits per heavy atom. The first-order chi connectivity index (χ1) is 14.0. The number of hydrogen-bond acceptors (Lipinski definition) is 3. The Morgan fingerprint density at radius 2 is 1.69 bits per heavy atom. The standard InChI is InChI=1S/C24H24N4O/c1-17(2)28-23-21(15-25-28)20(14-22(26-23)19-12-8-5-9-13-19)24(29)27(3)16-18-10-6-4-7-11-18/h4-15,17H,16H2,1-3H3. The van der Waals surface area contributed by atoms with Crippen molar-refractivity contribution in [3.8, 4) is 11.3 Å². The molecule has 0 aliphatic carbocycles. The molecule has 0 spiro atoms. The number of hydrogen-bond donors (Lipinski definition) is 0. The van der Waals surface area contributed by atoms with Crippen LogP contribution in [0.2, 0.25) is 0 Å². The molecule has 0 N–H and O–H groups in total. The van der Waals surface area contributed by atoms with Crippen LogP contribution >= 0.6 is 0 Å². The van der Waals surface area contributed by atoms with E-state index in [4.69, 9.17) is 4.98 Å². The highest BCUT2D eigenvalue weighted by Crippen LogP contribution is 2.27. The van der Waals surface area contributed by atoms with Gasteiger partial charge < -0.3 is 4.90 Å². The van der Waals surface area contributed by atoms with Crippen molar-refractivity contribution in [1.82, 2.24) is 19.7 Å². The monoisotopic (exact) mass is 384 g/mol. The smallest absolute Gasteiger partial charge is 0.254 e. The maximum absolute atomic E-state index is 13.4. The van der Waals surface area contributed by atoms with Crippen LogP contribution < -0.4 is 0 Å². The van der Waals surface area contributed by atoms with E-state index in [9.17, 15) is 4.79 Å². The van der Waals surface area contributed by atoms with Crippen LogP contribution in [0.15, 0.2) is 72.9 Å². The predicted molar refractivity (Wildman–Crippen MR) is 116 cm³/mol. The molecule has 0 fully saturated rings. The van der Waals surface area contributed by atoms with E-state index in [-0.39, 0.29) is 11.9 Å². The van der Waals surface area contributed by atoms with Crippen LogP contribution in [0.4, 0.5) is 0 Å². The molecule has 5 nitrogen and oxygen atoms in total. The van der Waals surface area contributed by atoms with Gasteiger partial charge in [0.25, 0.3) is 5.91 Å². The van der Waals surface area contributed by atoms with Crippen LogP contribution in [0.5, 0.6) is 0 Å². The summed E-state index contributed by atoms with van der Waals surface area (Å²) in [6.07, 6.45) is 1.75. The van der Waals surface area contributed by atoms with E-state index < -0.39 is 0 Å². The zero-order chi connectivity index (χ0) is 20.4. The Balaban J connectivity index is 1.81. The van der Waals surface area contributed by atoms with Crippen molar-refractivity contribution in [3.63, 3.8) is 0 Å². The van der Waals surface area contributed by atoms with Gasteiger partial charge in [-0.3, -0.25) is 4.79 Å². The second kappa shape index (κ2) is 7.87. The molecule has 146 valence electrons. The van der Waals surface area contributed by atoms with Crippen molar-refractivity contribution in [1.29, 1.82) is 0 Å². The van der Waals surface area contributed by atoms with Crippen molar-refractivity contribution in [2.75, 3.05) is 7.05 Å². The van der Waals surface area contributed by atoms with Gasteiger partial charge in [-0.15, -0.1) is 0 Å². The van der Waals surface area contributed by atoms with Crippen molar-refractivity contribution in [2.45, 2.75) is 26.4 Å². The van der Waals surface area contributed by atoms with Crippen LogP contribution in [0.1, 0.15) is 35.8 Å². The van der Waals surface area contributed by atoms with E-state index in [1.165, 1.54) is 0 Å². The minimum atomic E-state index is -0.0401. The first kappa shape index (κ1) is 18.9. The third-order valence-electron chi connectivity index (χ3n) is 4.97. The summed E-state index contributed by atoms with van der Waals surface area (Å²) in [4.78, 5) is 20.0. The second-order valence-electron chi connectivity index (χ2n) is 7.49. The number of amides is 1. The average molecular weight is 384 g/mol. The molecule has 5 heteroatoms. The number of fused-ring (bicyclic) bond motifs is 1. The van der Waals surface area contributed by atoms with E-state index in [0.717, 1.165) is 27.9 Å². The third-order valence-corrected chi connectivity index (χ3v) is 4.97. The highest BCUT2D eigenvalue weighted by molar-refractivity contribution is 6.06. The largest absolute Gasteiger partial charge is 0.337 e. The van der Waals surface area contributed by atoms with Gasteiger partial charge >= 0.3 is 0 Å². The molecule has 4 aromatic rings. The Hall–Kier alpha value is -3.47. The molecule has 2 aromatic carbocycles. The van der Waals surface area contributed by atoms with Crippen molar-refractivity contribution < 1.29 is 4.79 Å². The van der Waals surface area contributed by atoms with Gasteiger partial charge in [0, 0.05) is 25.2 Å². The van der Waals surface area contributed by atoms with Crippen LogP contribution in [0.25, 0.3) is 22.3 Å². The predicted octanol–water partition coefficient (Wildman–Crippen LogP) is 4.95. The Morgan fingerprint density at radius 1 is 1.03 bits per heavy atom. The van der Waals surface area contributed by atoms with Crippen molar-refractivity contribution in [3.05, 3.63) is 84.1 Å². The van der Waals surface area contributed by atoms with E-state index in [1.54, 1.807) is 11.1 Å². The van der Waals surface area contributed by atoms with Crippen molar-refractivity contribution in [2.24, 2.45) is 0 Å². The lowest BCUT2D eigenvalue weighted by atomic mass is 10.1. The number of benzene rings is 2. The normalized spacial score (nSPS) is 11.2. The van der Waals surface area contributed by atoms with Gasteiger partial charge in [-0.2, -0.15) is 5.10 Å². The number of carbonyl (C=O) groups excluding carboxylic acids is 1. The number of nitrogens with zero attached hydrogens (tertiary/aromatic N) is 4. The summed E-state index contributed by atoms with van der Waals surface area (Å²) < 4.78 is 1.87. The summed E-state index contributed by atoms with van der Waals surface area (Å²) in [7, 11) is 1.83. The zero-order valence-corrected chi connectivity index (χ0v) is 16.9. The minimum Gasteiger partial charge on any atom is -0.337 e. The topological polar surface area (TPSA) is 51.0 Å². The lowest BCUT2D eigenvalue weighted by molar-refractivity contribution is 0.0787. The number of pyridine rings is 1. The molecule has 0 aliphatic rings. The summed E-state index contributed by atoms with van der Waals surface area (Å²) in [5, 5.41) is 5.28. The van der Waals surface area contributed by atoms with E-state index >= 15 is 0 Å². The SMILES string of the molecule is CC(C)n1ncc2c(C(=O)N(C)Cc3ccccc3)cc(-c3ccccc3)nc21. The van der Waals surface area contributed by atoms with Crippen LogP contribution in [-0.2, 0) is 6.54 Å². The van der Waals surface area contributed by atoms with Crippen LogP contribution in [-0.4, -0.2) is 32.6 Å². The van der Waals surface area contributed by atoms with E-state index in [2.05, 4.69) is 18.9 Å². The molecular formula is C24H24N4O. The fourth-order valence-electron chi connectivity index (χ4n) is 3.46. The molecule has 0 aliphatic heterocycles. The quantitative estimate of drug-likeness (QED) is 0.489. The van der Waals surface area contributed by atoms with Gasteiger partial charge in [-0.25, -0.2) is 9.67 Å². The first-order valence-corrected chi connectivity index (χ1v) is 9.77. The van der Waals surface area contributed by atoms with E-state index in [0.29, 0.717) is 12.1 Å². The van der Waals surface area contributed by atoms with Crippen LogP contribution in [0.3, 0.4) is 0 Å². The summed E-state index contributed by atoms with van der Waals surface area (Å²) >= 11 is 0. The molecule has 0 saturated carbocycles. The van der Waals surface area contributed by atoms with Gasteiger partial charge in [0.1, 0.15) is 0 Å². The molecule has 0 atom stereocenters. The zero-order valence-electron chi connectivity index (χ0n) is 16.9. The molecule has 29 heavy (non-hydrogen) atoms. The fourth-order valence-corrected chi connectivity index (χ4v) is 3.46. The van der Waals surface area contributed by atoms with Gasteiger partial charge in [-0.1, -0.05) is 60.7 Å². The number of aromatic nitrogens is 3. The molecule has 0 unspecified atom stereocenters. The lowest BCUT2D eigenvalue weighted by Gasteiger charge is -2.18.